The third kappa shape index (κ3) is 4.87. The number of ether oxygens (including phenoxy) is 1. The first-order chi connectivity index (χ1) is 9.70. The first-order valence-corrected chi connectivity index (χ1v) is 7.90. The quantitative estimate of drug-likeness (QED) is 0.904. The molecule has 2 unspecified atom stereocenters. The van der Waals surface area contributed by atoms with Gasteiger partial charge in [-0.3, -0.25) is 4.90 Å². The highest BCUT2D eigenvalue weighted by molar-refractivity contribution is 5.85. The van der Waals surface area contributed by atoms with Crippen LogP contribution in [0.2, 0.25) is 0 Å². The molecule has 2 aliphatic rings. The number of benzene rings is 1. The molecule has 21 heavy (non-hydrogen) atoms. The van der Waals surface area contributed by atoms with Crippen molar-refractivity contribution in [3.05, 3.63) is 29.8 Å². The van der Waals surface area contributed by atoms with Gasteiger partial charge in [-0.05, 0) is 50.3 Å². The van der Waals surface area contributed by atoms with Crippen molar-refractivity contribution in [3.63, 3.8) is 0 Å². The van der Waals surface area contributed by atoms with E-state index in [1.54, 1.807) is 0 Å². The molecule has 0 radical (unpaired) electrons. The van der Waals surface area contributed by atoms with E-state index >= 15 is 0 Å². The normalized spacial score (nSPS) is 26.2. The SMILES string of the molecule is CC1CN(Cc2ccc(OCC3CC3)cc2)C(C)CN1.Cl. The second-order valence-corrected chi connectivity index (χ2v) is 6.49. The van der Waals surface area contributed by atoms with Gasteiger partial charge in [0.1, 0.15) is 5.75 Å². The van der Waals surface area contributed by atoms with E-state index in [-0.39, 0.29) is 12.4 Å². The van der Waals surface area contributed by atoms with Gasteiger partial charge in [-0.1, -0.05) is 12.1 Å². The van der Waals surface area contributed by atoms with Crippen molar-refractivity contribution in [1.29, 1.82) is 0 Å². The van der Waals surface area contributed by atoms with Crippen LogP contribution in [0.15, 0.2) is 24.3 Å². The van der Waals surface area contributed by atoms with Crippen LogP contribution in [-0.4, -0.2) is 36.7 Å². The van der Waals surface area contributed by atoms with Crippen molar-refractivity contribution in [2.45, 2.75) is 45.3 Å². The smallest absolute Gasteiger partial charge is 0.119 e. The zero-order valence-electron chi connectivity index (χ0n) is 13.0. The molecule has 1 saturated carbocycles. The van der Waals surface area contributed by atoms with E-state index in [2.05, 4.69) is 48.3 Å². The molecule has 0 amide bonds. The molecular weight excluding hydrogens is 284 g/mol. The Labute approximate surface area is 134 Å². The van der Waals surface area contributed by atoms with Gasteiger partial charge in [0.05, 0.1) is 6.61 Å². The van der Waals surface area contributed by atoms with E-state index in [9.17, 15) is 0 Å². The van der Waals surface area contributed by atoms with E-state index in [1.165, 1.54) is 18.4 Å². The second-order valence-electron chi connectivity index (χ2n) is 6.49. The lowest BCUT2D eigenvalue weighted by molar-refractivity contribution is 0.139. The minimum Gasteiger partial charge on any atom is -0.493 e. The number of nitrogens with zero attached hydrogens (tertiary/aromatic N) is 1. The Morgan fingerprint density at radius 1 is 1.19 bits per heavy atom. The van der Waals surface area contributed by atoms with Crippen LogP contribution < -0.4 is 10.1 Å². The van der Waals surface area contributed by atoms with Crippen molar-refractivity contribution in [3.8, 4) is 5.75 Å². The fourth-order valence-electron chi connectivity index (χ4n) is 2.74. The van der Waals surface area contributed by atoms with Crippen LogP contribution in [0.3, 0.4) is 0 Å². The molecule has 1 aliphatic heterocycles. The molecule has 2 atom stereocenters. The van der Waals surface area contributed by atoms with E-state index in [1.807, 2.05) is 0 Å². The average Bonchev–Trinajstić information content (AvgIpc) is 3.26. The summed E-state index contributed by atoms with van der Waals surface area (Å²) in [6.45, 7) is 8.70. The molecule has 0 bridgehead atoms. The minimum absolute atomic E-state index is 0. The third-order valence-electron chi connectivity index (χ3n) is 4.39. The third-order valence-corrected chi connectivity index (χ3v) is 4.39. The first-order valence-electron chi connectivity index (χ1n) is 7.90. The van der Waals surface area contributed by atoms with Crippen LogP contribution in [0.1, 0.15) is 32.3 Å². The van der Waals surface area contributed by atoms with Crippen molar-refractivity contribution in [2.75, 3.05) is 19.7 Å². The fourth-order valence-corrected chi connectivity index (χ4v) is 2.74. The Kier molecular flexibility index (Phi) is 5.91. The topological polar surface area (TPSA) is 24.5 Å². The fraction of sp³-hybridized carbons (Fsp3) is 0.647. The minimum atomic E-state index is 0. The second kappa shape index (κ2) is 7.48. The summed E-state index contributed by atoms with van der Waals surface area (Å²) in [6.07, 6.45) is 2.69. The van der Waals surface area contributed by atoms with Crippen LogP contribution >= 0.6 is 12.4 Å². The Balaban J connectivity index is 0.00000161. The monoisotopic (exact) mass is 310 g/mol. The summed E-state index contributed by atoms with van der Waals surface area (Å²) >= 11 is 0. The van der Waals surface area contributed by atoms with Gasteiger partial charge in [-0.2, -0.15) is 0 Å². The van der Waals surface area contributed by atoms with Gasteiger partial charge in [0.25, 0.3) is 0 Å². The van der Waals surface area contributed by atoms with Gasteiger partial charge in [0.15, 0.2) is 0 Å². The summed E-state index contributed by atoms with van der Waals surface area (Å²) < 4.78 is 5.79. The van der Waals surface area contributed by atoms with E-state index in [0.29, 0.717) is 12.1 Å². The number of piperazine rings is 1. The lowest BCUT2D eigenvalue weighted by Gasteiger charge is -2.37. The van der Waals surface area contributed by atoms with E-state index in [0.717, 1.165) is 37.9 Å². The molecule has 1 saturated heterocycles. The predicted octanol–water partition coefficient (Wildman–Crippen LogP) is 3.08. The van der Waals surface area contributed by atoms with Gasteiger partial charge in [-0.25, -0.2) is 0 Å². The Bertz CT molecular complexity index is 433. The highest BCUT2D eigenvalue weighted by Gasteiger charge is 2.23. The molecular formula is C17H27ClN2O. The summed E-state index contributed by atoms with van der Waals surface area (Å²) in [5.41, 5.74) is 1.38. The maximum atomic E-state index is 5.79. The number of rotatable bonds is 5. The van der Waals surface area contributed by atoms with Gasteiger partial charge >= 0.3 is 0 Å². The highest BCUT2D eigenvalue weighted by atomic mass is 35.5. The summed E-state index contributed by atoms with van der Waals surface area (Å²) in [7, 11) is 0. The molecule has 118 valence electrons. The molecule has 3 nitrogen and oxygen atoms in total. The van der Waals surface area contributed by atoms with Crippen molar-refractivity contribution in [1.82, 2.24) is 10.2 Å². The van der Waals surface area contributed by atoms with Crippen LogP contribution in [0, 0.1) is 5.92 Å². The maximum absolute atomic E-state index is 5.79. The van der Waals surface area contributed by atoms with Crippen LogP contribution in [-0.2, 0) is 6.54 Å². The Morgan fingerprint density at radius 2 is 1.90 bits per heavy atom. The van der Waals surface area contributed by atoms with Gasteiger partial charge in [0, 0.05) is 31.7 Å². The summed E-state index contributed by atoms with van der Waals surface area (Å²) in [4.78, 5) is 2.56. The zero-order chi connectivity index (χ0) is 13.9. The molecule has 0 spiro atoms. The highest BCUT2D eigenvalue weighted by Crippen LogP contribution is 2.29. The molecule has 2 fully saturated rings. The summed E-state index contributed by atoms with van der Waals surface area (Å²) in [6, 6.07) is 9.86. The standard InChI is InChI=1S/C17H26N2O.ClH/c1-13-10-19(14(2)9-18-13)11-15-5-7-17(8-6-15)20-12-16-3-4-16;/h5-8,13-14,16,18H,3-4,9-12H2,1-2H3;1H. The summed E-state index contributed by atoms with van der Waals surface area (Å²) in [5.74, 6) is 1.83. The zero-order valence-corrected chi connectivity index (χ0v) is 13.9. The Morgan fingerprint density at radius 3 is 2.57 bits per heavy atom. The molecule has 1 N–H and O–H groups in total. The molecule has 0 aromatic heterocycles. The lowest BCUT2D eigenvalue weighted by atomic mass is 10.1. The van der Waals surface area contributed by atoms with Crippen molar-refractivity contribution >= 4 is 12.4 Å². The van der Waals surface area contributed by atoms with Crippen molar-refractivity contribution in [2.24, 2.45) is 5.92 Å². The molecule has 1 aromatic rings. The molecule has 1 aromatic carbocycles. The number of hydrogen-bond acceptors (Lipinski definition) is 3. The maximum Gasteiger partial charge on any atom is 0.119 e. The first kappa shape index (κ1) is 16.6. The average molecular weight is 311 g/mol. The number of nitrogens with one attached hydrogen (secondary N) is 1. The van der Waals surface area contributed by atoms with E-state index < -0.39 is 0 Å². The number of hydrogen-bond donors (Lipinski definition) is 1. The van der Waals surface area contributed by atoms with Crippen LogP contribution in [0.4, 0.5) is 0 Å². The molecule has 1 aliphatic carbocycles. The van der Waals surface area contributed by atoms with Crippen LogP contribution in [0.5, 0.6) is 5.75 Å². The van der Waals surface area contributed by atoms with Gasteiger partial charge in [0.2, 0.25) is 0 Å². The Hall–Kier alpha value is -0.770. The number of halogens is 1. The lowest BCUT2D eigenvalue weighted by Crippen LogP contribution is -2.53. The molecule has 3 rings (SSSR count). The van der Waals surface area contributed by atoms with Gasteiger partial charge < -0.3 is 10.1 Å². The van der Waals surface area contributed by atoms with Crippen molar-refractivity contribution < 1.29 is 4.74 Å². The molecule has 4 heteroatoms. The molecule has 1 heterocycles. The van der Waals surface area contributed by atoms with Gasteiger partial charge in [-0.15, -0.1) is 12.4 Å². The summed E-state index contributed by atoms with van der Waals surface area (Å²) in [5, 5.41) is 3.53. The largest absolute Gasteiger partial charge is 0.493 e. The van der Waals surface area contributed by atoms with Crippen LogP contribution in [0.25, 0.3) is 0 Å². The predicted molar refractivity (Wildman–Crippen MR) is 89.2 cm³/mol. The van der Waals surface area contributed by atoms with E-state index in [4.69, 9.17) is 4.74 Å².